The van der Waals surface area contributed by atoms with Crippen molar-refractivity contribution in [1.82, 2.24) is 5.32 Å². The van der Waals surface area contributed by atoms with Crippen LogP contribution in [0.3, 0.4) is 0 Å². The molecule has 0 aliphatic carbocycles. The van der Waals surface area contributed by atoms with Crippen molar-refractivity contribution in [2.45, 2.75) is 39.5 Å². The third-order valence-electron chi connectivity index (χ3n) is 4.10. The van der Waals surface area contributed by atoms with E-state index >= 15 is 0 Å². The molecule has 26 heavy (non-hydrogen) atoms. The standard InChI is InChI=1S/C24H27NO/c1-3-4-6-13-23(19-24(26)22-11-7-5-8-12-22)25-18-9-10-21-16-14-20(2)15-17-21/h5,7-8,11-12,14-17,19,25H,3-4,6,13,18H2,1-2H3/b23-19-. The SMILES string of the molecule is CCCCC/C(=C/C(=O)c1ccccc1)NCC#Cc1ccc(C)cc1. The fraction of sp³-hybridized carbons (Fsp3) is 0.292. The fourth-order valence-electron chi connectivity index (χ4n) is 2.56. The minimum Gasteiger partial charge on any atom is -0.377 e. The summed E-state index contributed by atoms with van der Waals surface area (Å²) in [5.74, 6) is 6.33. The predicted octanol–water partition coefficient (Wildman–Crippen LogP) is 5.28. The average molecular weight is 345 g/mol. The van der Waals surface area contributed by atoms with Crippen LogP contribution in [-0.2, 0) is 0 Å². The summed E-state index contributed by atoms with van der Waals surface area (Å²) < 4.78 is 0. The molecule has 134 valence electrons. The zero-order chi connectivity index (χ0) is 18.6. The second-order valence-corrected chi connectivity index (χ2v) is 6.38. The minimum absolute atomic E-state index is 0.0380. The van der Waals surface area contributed by atoms with Crippen molar-refractivity contribution >= 4 is 5.78 Å². The summed E-state index contributed by atoms with van der Waals surface area (Å²) >= 11 is 0. The highest BCUT2D eigenvalue weighted by Gasteiger charge is 2.04. The van der Waals surface area contributed by atoms with Gasteiger partial charge in [0.05, 0.1) is 6.54 Å². The maximum Gasteiger partial charge on any atom is 0.187 e. The lowest BCUT2D eigenvalue weighted by Crippen LogP contribution is -2.15. The van der Waals surface area contributed by atoms with E-state index in [0.29, 0.717) is 12.1 Å². The summed E-state index contributed by atoms with van der Waals surface area (Å²) in [6.07, 6.45) is 5.99. The highest BCUT2D eigenvalue weighted by Crippen LogP contribution is 2.09. The van der Waals surface area contributed by atoms with Gasteiger partial charge in [-0.3, -0.25) is 4.79 Å². The molecule has 0 saturated carbocycles. The molecule has 2 nitrogen and oxygen atoms in total. The van der Waals surface area contributed by atoms with Crippen molar-refractivity contribution in [3.05, 3.63) is 83.1 Å². The van der Waals surface area contributed by atoms with Crippen molar-refractivity contribution in [2.75, 3.05) is 6.54 Å². The van der Waals surface area contributed by atoms with Crippen LogP contribution in [0.15, 0.2) is 66.4 Å². The van der Waals surface area contributed by atoms with Gasteiger partial charge in [-0.05, 0) is 31.9 Å². The monoisotopic (exact) mass is 345 g/mol. The lowest BCUT2D eigenvalue weighted by atomic mass is 10.1. The van der Waals surface area contributed by atoms with Crippen molar-refractivity contribution < 1.29 is 4.79 Å². The fourth-order valence-corrected chi connectivity index (χ4v) is 2.56. The highest BCUT2D eigenvalue weighted by molar-refractivity contribution is 6.04. The maximum absolute atomic E-state index is 12.4. The zero-order valence-corrected chi connectivity index (χ0v) is 15.7. The Morgan fingerprint density at radius 1 is 1.04 bits per heavy atom. The summed E-state index contributed by atoms with van der Waals surface area (Å²) in [6.45, 7) is 4.78. The molecule has 0 fully saturated rings. The summed E-state index contributed by atoms with van der Waals surface area (Å²) in [5, 5.41) is 3.33. The molecule has 1 N–H and O–H groups in total. The Kier molecular flexibility index (Phi) is 8.23. The Hall–Kier alpha value is -2.79. The first-order valence-corrected chi connectivity index (χ1v) is 9.28. The molecular weight excluding hydrogens is 318 g/mol. The molecule has 0 heterocycles. The molecule has 0 radical (unpaired) electrons. The van der Waals surface area contributed by atoms with Gasteiger partial charge in [0, 0.05) is 22.9 Å². The van der Waals surface area contributed by atoms with Crippen molar-refractivity contribution in [3.63, 3.8) is 0 Å². The van der Waals surface area contributed by atoms with Gasteiger partial charge in [0.1, 0.15) is 0 Å². The molecule has 2 heteroatoms. The number of hydrogen-bond donors (Lipinski definition) is 1. The Labute approximate surface area is 157 Å². The van der Waals surface area contributed by atoms with Crippen LogP contribution in [0.4, 0.5) is 0 Å². The first-order chi connectivity index (χ1) is 12.7. The molecule has 0 atom stereocenters. The van der Waals surface area contributed by atoms with Crippen LogP contribution < -0.4 is 5.32 Å². The number of allylic oxidation sites excluding steroid dienone is 2. The third kappa shape index (κ3) is 6.99. The van der Waals surface area contributed by atoms with E-state index in [9.17, 15) is 4.79 Å². The summed E-state index contributed by atoms with van der Waals surface area (Å²) in [6, 6.07) is 17.6. The molecule has 0 aliphatic heterocycles. The lowest BCUT2D eigenvalue weighted by molar-refractivity contribution is 0.104. The Morgan fingerprint density at radius 2 is 1.77 bits per heavy atom. The molecule has 0 saturated heterocycles. The second kappa shape index (κ2) is 10.9. The summed E-state index contributed by atoms with van der Waals surface area (Å²) in [4.78, 5) is 12.4. The summed E-state index contributed by atoms with van der Waals surface area (Å²) in [7, 11) is 0. The van der Waals surface area contributed by atoms with E-state index in [1.54, 1.807) is 6.08 Å². The minimum atomic E-state index is 0.0380. The predicted molar refractivity (Wildman–Crippen MR) is 109 cm³/mol. The smallest absolute Gasteiger partial charge is 0.187 e. The molecule has 2 aromatic rings. The van der Waals surface area contributed by atoms with Gasteiger partial charge in [-0.2, -0.15) is 0 Å². The number of carbonyl (C=O) groups is 1. The first-order valence-electron chi connectivity index (χ1n) is 9.28. The van der Waals surface area contributed by atoms with Gasteiger partial charge in [-0.15, -0.1) is 0 Å². The highest BCUT2D eigenvalue weighted by atomic mass is 16.1. The number of aryl methyl sites for hydroxylation is 1. The van der Waals surface area contributed by atoms with Crippen LogP contribution in [-0.4, -0.2) is 12.3 Å². The average Bonchev–Trinajstić information content (AvgIpc) is 2.67. The molecule has 0 aliphatic rings. The normalized spacial score (nSPS) is 10.8. The number of unbranched alkanes of at least 4 members (excludes halogenated alkanes) is 2. The number of nitrogens with one attached hydrogen (secondary N) is 1. The van der Waals surface area contributed by atoms with E-state index in [4.69, 9.17) is 0 Å². The molecule has 2 rings (SSSR count). The Morgan fingerprint density at radius 3 is 2.46 bits per heavy atom. The van der Waals surface area contributed by atoms with Crippen LogP contribution in [0.5, 0.6) is 0 Å². The summed E-state index contributed by atoms with van der Waals surface area (Å²) in [5.41, 5.74) is 3.92. The topological polar surface area (TPSA) is 29.1 Å². The van der Waals surface area contributed by atoms with Gasteiger partial charge in [0.25, 0.3) is 0 Å². The van der Waals surface area contributed by atoms with Crippen LogP contribution in [0, 0.1) is 18.8 Å². The van der Waals surface area contributed by atoms with E-state index in [0.717, 1.165) is 36.9 Å². The van der Waals surface area contributed by atoms with Gasteiger partial charge in [0.2, 0.25) is 0 Å². The second-order valence-electron chi connectivity index (χ2n) is 6.38. The van der Waals surface area contributed by atoms with Gasteiger partial charge in [-0.1, -0.05) is 79.6 Å². The number of ketones is 1. The van der Waals surface area contributed by atoms with Gasteiger partial charge < -0.3 is 5.32 Å². The van der Waals surface area contributed by atoms with E-state index in [1.807, 2.05) is 42.5 Å². The van der Waals surface area contributed by atoms with Crippen molar-refractivity contribution in [3.8, 4) is 11.8 Å². The first kappa shape index (κ1) is 19.5. The van der Waals surface area contributed by atoms with Crippen LogP contribution in [0.25, 0.3) is 0 Å². The van der Waals surface area contributed by atoms with Gasteiger partial charge >= 0.3 is 0 Å². The molecule has 0 unspecified atom stereocenters. The molecule has 2 aromatic carbocycles. The quantitative estimate of drug-likeness (QED) is 0.305. The number of rotatable bonds is 8. The molecular formula is C24H27NO. The number of benzene rings is 2. The van der Waals surface area contributed by atoms with Crippen LogP contribution >= 0.6 is 0 Å². The lowest BCUT2D eigenvalue weighted by Gasteiger charge is -2.08. The van der Waals surface area contributed by atoms with E-state index in [2.05, 4.69) is 43.1 Å². The zero-order valence-electron chi connectivity index (χ0n) is 15.7. The van der Waals surface area contributed by atoms with E-state index in [1.165, 1.54) is 5.56 Å². The van der Waals surface area contributed by atoms with Gasteiger partial charge in [-0.25, -0.2) is 0 Å². The number of carbonyl (C=O) groups excluding carboxylic acids is 1. The number of hydrogen-bond acceptors (Lipinski definition) is 2. The Bertz CT molecular complexity index is 776. The van der Waals surface area contributed by atoms with E-state index < -0.39 is 0 Å². The van der Waals surface area contributed by atoms with Crippen molar-refractivity contribution in [1.29, 1.82) is 0 Å². The van der Waals surface area contributed by atoms with Crippen LogP contribution in [0.1, 0.15) is 54.1 Å². The maximum atomic E-state index is 12.4. The molecule has 0 bridgehead atoms. The molecule has 0 spiro atoms. The van der Waals surface area contributed by atoms with E-state index in [-0.39, 0.29) is 5.78 Å². The van der Waals surface area contributed by atoms with Gasteiger partial charge in [0.15, 0.2) is 5.78 Å². The third-order valence-corrected chi connectivity index (χ3v) is 4.10. The molecule has 0 amide bonds. The Balaban J connectivity index is 1.99. The molecule has 0 aromatic heterocycles. The van der Waals surface area contributed by atoms with Crippen molar-refractivity contribution in [2.24, 2.45) is 0 Å². The largest absolute Gasteiger partial charge is 0.377 e. The van der Waals surface area contributed by atoms with Crippen LogP contribution in [0.2, 0.25) is 0 Å².